The smallest absolute Gasteiger partial charge is 0.319 e. The Bertz CT molecular complexity index is 3200. The van der Waals surface area contributed by atoms with Gasteiger partial charge in [0.25, 0.3) is 0 Å². The molecule has 3 aromatic carbocycles. The van der Waals surface area contributed by atoms with Crippen molar-refractivity contribution in [1.82, 2.24) is 50.6 Å². The molecule has 4 aliphatic rings. The van der Waals surface area contributed by atoms with E-state index >= 15 is 8.78 Å². The van der Waals surface area contributed by atoms with E-state index in [1.165, 1.54) is 30.5 Å². The summed E-state index contributed by atoms with van der Waals surface area (Å²) in [6, 6.07) is 12.8. The Labute approximate surface area is 465 Å². The molecule has 0 radical (unpaired) electrons. The number of rotatable bonds is 17. The number of likely N-dealkylation sites (tertiary alicyclic amines) is 1. The number of thiazole rings is 1. The summed E-state index contributed by atoms with van der Waals surface area (Å²) in [7, 11) is 0. The van der Waals surface area contributed by atoms with Crippen molar-refractivity contribution in [3.8, 4) is 45.8 Å². The van der Waals surface area contributed by atoms with Crippen molar-refractivity contribution in [1.29, 1.82) is 0 Å². The number of pyridine rings is 1. The van der Waals surface area contributed by atoms with Crippen molar-refractivity contribution in [2.45, 2.75) is 117 Å². The number of carbonyl (C=O) groups is 3. The van der Waals surface area contributed by atoms with E-state index in [0.717, 1.165) is 73.8 Å². The molecular formula is C60H73F2N11O5S. The van der Waals surface area contributed by atoms with Crippen LogP contribution in [0.4, 0.5) is 14.6 Å². The van der Waals surface area contributed by atoms with Crippen molar-refractivity contribution >= 4 is 56.6 Å². The van der Waals surface area contributed by atoms with Crippen LogP contribution in [-0.4, -0.2) is 147 Å². The second kappa shape index (κ2) is 25.1. The molecule has 0 saturated carbocycles. The molecule has 2 bridgehead atoms. The third kappa shape index (κ3) is 12.9. The lowest BCUT2D eigenvalue weighted by Gasteiger charge is -2.36. The number of aryl methyl sites for hydroxylation is 1. The number of aromatic hydroxyl groups is 1. The van der Waals surface area contributed by atoms with Gasteiger partial charge in [0, 0.05) is 94.6 Å². The maximum absolute atomic E-state index is 17.0. The Morgan fingerprint density at radius 3 is 2.32 bits per heavy atom. The van der Waals surface area contributed by atoms with Crippen LogP contribution in [0.25, 0.3) is 43.4 Å². The zero-order valence-electron chi connectivity index (χ0n) is 46.2. The van der Waals surface area contributed by atoms with Crippen LogP contribution >= 0.6 is 11.3 Å². The highest BCUT2D eigenvalue weighted by Gasteiger charge is 2.42. The first-order chi connectivity index (χ1) is 38.1. The highest BCUT2D eigenvalue weighted by molar-refractivity contribution is 7.13. The predicted molar refractivity (Wildman–Crippen MR) is 306 cm³/mol. The van der Waals surface area contributed by atoms with E-state index in [2.05, 4.69) is 51.5 Å². The number of amides is 3. The number of nitrogens with one attached hydrogen (secondary N) is 3. The van der Waals surface area contributed by atoms with Crippen LogP contribution in [0.5, 0.6) is 11.8 Å². The predicted octanol–water partition coefficient (Wildman–Crippen LogP) is 8.21. The van der Waals surface area contributed by atoms with Gasteiger partial charge in [-0.1, -0.05) is 70.9 Å². The van der Waals surface area contributed by atoms with Gasteiger partial charge in [-0.15, -0.1) is 17.8 Å². The minimum atomic E-state index is -0.782. The fourth-order valence-corrected chi connectivity index (χ4v) is 12.2. The monoisotopic (exact) mass is 1100 g/mol. The average molecular weight is 1100 g/mol. The second-order valence-corrected chi connectivity index (χ2v) is 22.8. The van der Waals surface area contributed by atoms with Crippen LogP contribution in [0.15, 0.2) is 60.2 Å². The highest BCUT2D eigenvalue weighted by Crippen LogP contribution is 2.40. The van der Waals surface area contributed by atoms with Gasteiger partial charge in [-0.2, -0.15) is 9.97 Å². The maximum atomic E-state index is 17.0. The number of piperazine rings is 2. The summed E-state index contributed by atoms with van der Waals surface area (Å²) in [5.74, 6) is 0.764. The van der Waals surface area contributed by atoms with Gasteiger partial charge in [0.2, 0.25) is 17.7 Å². The average Bonchev–Trinajstić information content (AvgIpc) is 4.36. The molecule has 79 heavy (non-hydrogen) atoms. The summed E-state index contributed by atoms with van der Waals surface area (Å²) in [6.45, 7) is 19.1. The number of carbonyl (C=O) groups excluding carboxylic acids is 3. The largest absolute Gasteiger partial charge is 0.508 e. The van der Waals surface area contributed by atoms with Gasteiger partial charge in [-0.3, -0.25) is 19.4 Å². The molecule has 16 nitrogen and oxygen atoms in total. The Kier molecular flexibility index (Phi) is 18.1. The summed E-state index contributed by atoms with van der Waals surface area (Å²) < 4.78 is 38.2. The molecule has 0 aliphatic carbocycles. The maximum Gasteiger partial charge on any atom is 0.319 e. The van der Waals surface area contributed by atoms with E-state index in [1.54, 1.807) is 16.2 Å². The quantitative estimate of drug-likeness (QED) is 0.0508. The fraction of sp³-hybridized carbons (Fsp3) is 0.483. The van der Waals surface area contributed by atoms with Gasteiger partial charge < -0.3 is 45.4 Å². The van der Waals surface area contributed by atoms with Crippen LogP contribution in [0, 0.1) is 36.3 Å². The number of hydrogen-bond donors (Lipinski definition) is 4. The first-order valence-corrected chi connectivity index (χ1v) is 28.7. The van der Waals surface area contributed by atoms with Gasteiger partial charge >= 0.3 is 6.01 Å². The van der Waals surface area contributed by atoms with Crippen molar-refractivity contribution < 1.29 is 33.0 Å². The van der Waals surface area contributed by atoms with Gasteiger partial charge in [-0.25, -0.2) is 13.8 Å². The first kappa shape index (κ1) is 56.9. The first-order valence-electron chi connectivity index (χ1n) is 27.9. The molecule has 418 valence electrons. The minimum Gasteiger partial charge on any atom is -0.508 e. The van der Waals surface area contributed by atoms with Crippen LogP contribution in [-0.2, 0) is 20.9 Å². The summed E-state index contributed by atoms with van der Waals surface area (Å²) in [5.41, 5.74) is 4.25. The SMILES string of the molecule is C#Cc1c(F)ccc2cc(O)cc(-c3ncc4c(N5CC6CCC(C5)N6)nc(OCCCN5CCN(CCCC(=O)NC(C(=O)N6CCC[C@H]6C(=O)NCc6ccc(-c7scnc7C)cc6)C(C)(C)C)CC5)nc4c3F)c12.CC. The summed E-state index contributed by atoms with van der Waals surface area (Å²) >= 11 is 1.60. The number of benzene rings is 3. The molecule has 4 atom stereocenters. The second-order valence-electron chi connectivity index (χ2n) is 21.9. The number of nitrogens with zero attached hydrogens (tertiary/aromatic N) is 8. The number of anilines is 1. The number of terminal acetylenes is 1. The molecule has 4 saturated heterocycles. The van der Waals surface area contributed by atoms with Crippen LogP contribution in [0.1, 0.15) is 96.4 Å². The minimum absolute atomic E-state index is 0.00132. The number of ether oxygens (including phenoxy) is 1. The molecule has 7 heterocycles. The van der Waals surface area contributed by atoms with Crippen molar-refractivity contribution in [3.05, 3.63) is 88.7 Å². The molecule has 4 fully saturated rings. The van der Waals surface area contributed by atoms with E-state index in [9.17, 15) is 19.5 Å². The molecule has 10 rings (SSSR count). The summed E-state index contributed by atoms with van der Waals surface area (Å²) in [5, 5.41) is 21.5. The van der Waals surface area contributed by atoms with Crippen LogP contribution < -0.4 is 25.6 Å². The third-order valence-electron chi connectivity index (χ3n) is 15.5. The van der Waals surface area contributed by atoms with Gasteiger partial charge in [0.1, 0.15) is 40.7 Å². The van der Waals surface area contributed by atoms with E-state index in [1.807, 2.05) is 71.3 Å². The topological polar surface area (TPSA) is 181 Å². The third-order valence-corrected chi connectivity index (χ3v) is 16.5. The lowest BCUT2D eigenvalue weighted by Crippen LogP contribution is -2.57. The Hall–Kier alpha value is -6.85. The Balaban J connectivity index is 0.00000374. The molecule has 3 amide bonds. The summed E-state index contributed by atoms with van der Waals surface area (Å²) in [6.07, 6.45) is 12.2. The lowest BCUT2D eigenvalue weighted by molar-refractivity contribution is -0.144. The zero-order chi connectivity index (χ0) is 56.0. The standard InChI is InChI=1S/C58H67F2N11O5S.C2H6/c1-6-42-45(59)19-16-38-28-41(72)29-43(48(38)42)50-49(60)51-44(31-61-50)54(70-32-39-17-18-40(33-70)64-39)67-57(66-51)76-27-9-21-69-25-23-68(24-26-69)20-8-11-47(73)65-53(58(3,4)5)56(75)71-22-7-10-46(71)55(74)62-30-36-12-14-37(15-13-36)52-35(2)63-34-77-52;1-2/h1,12-16,19,28-29,31,34,39-40,46,53,64,72H,7-11,17-18,20-27,30,32-33H2,2-5H3,(H,62,74)(H,65,73);1-2H3/t39?,40?,46-,53?;/m0./s1. The van der Waals surface area contributed by atoms with E-state index < -0.39 is 29.1 Å². The zero-order valence-corrected chi connectivity index (χ0v) is 47.0. The highest BCUT2D eigenvalue weighted by atomic mass is 32.1. The van der Waals surface area contributed by atoms with Gasteiger partial charge in [0.05, 0.1) is 33.6 Å². The van der Waals surface area contributed by atoms with Gasteiger partial charge in [0.15, 0.2) is 5.82 Å². The molecule has 4 N–H and O–H groups in total. The van der Waals surface area contributed by atoms with Crippen LogP contribution in [0.3, 0.4) is 0 Å². The van der Waals surface area contributed by atoms with Crippen molar-refractivity contribution in [3.63, 3.8) is 0 Å². The molecule has 19 heteroatoms. The van der Waals surface area contributed by atoms with E-state index in [0.29, 0.717) is 75.1 Å². The Morgan fingerprint density at radius 2 is 1.65 bits per heavy atom. The summed E-state index contributed by atoms with van der Waals surface area (Å²) in [4.78, 5) is 69.1. The number of halogens is 2. The number of fused-ring (bicyclic) bond motifs is 4. The number of hydrogen-bond acceptors (Lipinski definition) is 14. The molecule has 3 aromatic heterocycles. The fourth-order valence-electron chi connectivity index (χ4n) is 11.4. The molecule has 0 spiro atoms. The molecule has 6 aromatic rings. The van der Waals surface area contributed by atoms with E-state index in [-0.39, 0.29) is 75.7 Å². The Morgan fingerprint density at radius 1 is 0.937 bits per heavy atom. The molecule has 4 aliphatic heterocycles. The van der Waals surface area contributed by atoms with Crippen molar-refractivity contribution in [2.75, 3.05) is 70.4 Å². The number of phenolic OH excluding ortho intramolecular Hbond substituents is 1. The van der Waals surface area contributed by atoms with Crippen molar-refractivity contribution in [2.24, 2.45) is 5.41 Å². The van der Waals surface area contributed by atoms with E-state index in [4.69, 9.17) is 16.1 Å². The van der Waals surface area contributed by atoms with Gasteiger partial charge in [-0.05, 0) is 92.1 Å². The normalized spacial score (nSPS) is 19.0. The molecule has 3 unspecified atom stereocenters. The lowest BCUT2D eigenvalue weighted by atomic mass is 9.85. The molecular weight excluding hydrogens is 1020 g/mol. The van der Waals surface area contributed by atoms with Crippen LogP contribution in [0.2, 0.25) is 0 Å². The number of aromatic nitrogens is 4. The number of phenols is 1.